The number of pyridine rings is 3. The summed E-state index contributed by atoms with van der Waals surface area (Å²) in [5, 5.41) is 2.37. The van der Waals surface area contributed by atoms with Gasteiger partial charge in [0.1, 0.15) is 6.20 Å². The van der Waals surface area contributed by atoms with Gasteiger partial charge in [0, 0.05) is 18.1 Å². The maximum absolute atomic E-state index is 4.60. The van der Waals surface area contributed by atoms with Gasteiger partial charge in [-0.05, 0) is 58.6 Å². The Balaban J connectivity index is 1.39. The smallest absolute Gasteiger partial charge is 0.205 e. The topological polar surface area (TPSA) is 20.6 Å². The maximum Gasteiger partial charge on any atom is 0.335 e. The number of benzene rings is 1. The first-order valence-corrected chi connectivity index (χ1v) is 10.2. The Morgan fingerprint density at radius 3 is 2.21 bits per heavy atom. The molecule has 0 amide bonds. The van der Waals surface area contributed by atoms with Crippen LogP contribution in [0.1, 0.15) is 25.7 Å². The van der Waals surface area contributed by atoms with Crippen LogP contribution in [0.25, 0.3) is 27.7 Å². The van der Waals surface area contributed by atoms with Crippen molar-refractivity contribution in [1.29, 1.82) is 0 Å². The highest BCUT2D eigenvalue weighted by molar-refractivity contribution is 5.86. The highest BCUT2D eigenvalue weighted by atomic mass is 15.0. The van der Waals surface area contributed by atoms with Crippen molar-refractivity contribution in [2.45, 2.75) is 32.2 Å². The fourth-order valence-corrected chi connectivity index (χ4v) is 4.33. The fourth-order valence-electron chi connectivity index (χ4n) is 4.33. The number of hydrogen-bond donors (Lipinski definition) is 0. The van der Waals surface area contributed by atoms with Crippen LogP contribution in [0.3, 0.4) is 0 Å². The van der Waals surface area contributed by atoms with E-state index in [-0.39, 0.29) is 0 Å². The lowest BCUT2D eigenvalue weighted by molar-refractivity contribution is -0.703. The summed E-state index contributed by atoms with van der Waals surface area (Å²) in [6.45, 7) is 1.15. The average Bonchev–Trinajstić information content (AvgIpc) is 3.27. The molecule has 1 saturated carbocycles. The molecule has 0 N–H and O–H groups in total. The molecule has 1 aromatic carbocycles. The zero-order valence-electron chi connectivity index (χ0n) is 16.0. The largest absolute Gasteiger partial charge is 0.335 e. The molecule has 28 heavy (non-hydrogen) atoms. The van der Waals surface area contributed by atoms with E-state index >= 15 is 0 Å². The molecule has 0 aliphatic heterocycles. The standard InChI is InChI=1S/C25H25N3/c1-2-6-20(5-1)19-27-15-10-21(11-16-27)22-12-17-28(18-13-22)25-24-8-4-3-7-23(24)9-14-26-25/h3-4,7-18,20H,1-2,5-6,19H2/q+2. The minimum Gasteiger partial charge on any atom is -0.205 e. The third kappa shape index (κ3) is 3.40. The van der Waals surface area contributed by atoms with E-state index in [9.17, 15) is 0 Å². The average molecular weight is 367 g/mol. The van der Waals surface area contributed by atoms with Gasteiger partial charge in [-0.2, -0.15) is 0 Å². The Bertz CT molecular complexity index is 1070. The molecular weight excluding hydrogens is 342 g/mol. The van der Waals surface area contributed by atoms with Crippen molar-refractivity contribution < 1.29 is 9.13 Å². The summed E-state index contributed by atoms with van der Waals surface area (Å²) < 4.78 is 4.43. The van der Waals surface area contributed by atoms with Crippen LogP contribution in [-0.4, -0.2) is 4.98 Å². The van der Waals surface area contributed by atoms with E-state index in [0.29, 0.717) is 0 Å². The van der Waals surface area contributed by atoms with Gasteiger partial charge in [-0.25, -0.2) is 9.13 Å². The Morgan fingerprint density at radius 2 is 1.46 bits per heavy atom. The van der Waals surface area contributed by atoms with E-state index in [4.69, 9.17) is 0 Å². The zero-order chi connectivity index (χ0) is 18.8. The summed E-state index contributed by atoms with van der Waals surface area (Å²) in [5.74, 6) is 1.83. The molecule has 0 unspecified atom stereocenters. The molecule has 0 bridgehead atoms. The van der Waals surface area contributed by atoms with Gasteiger partial charge in [-0.1, -0.05) is 31.0 Å². The third-order valence-corrected chi connectivity index (χ3v) is 5.89. The van der Waals surface area contributed by atoms with Crippen molar-refractivity contribution in [3.8, 4) is 16.9 Å². The van der Waals surface area contributed by atoms with Gasteiger partial charge < -0.3 is 0 Å². The molecule has 3 heteroatoms. The Morgan fingerprint density at radius 1 is 0.786 bits per heavy atom. The van der Waals surface area contributed by atoms with Crippen molar-refractivity contribution in [2.24, 2.45) is 5.92 Å². The van der Waals surface area contributed by atoms with Crippen LogP contribution >= 0.6 is 0 Å². The number of fused-ring (bicyclic) bond motifs is 1. The lowest BCUT2D eigenvalue weighted by Crippen LogP contribution is -2.36. The Kier molecular flexibility index (Phi) is 4.58. The second kappa shape index (κ2) is 7.51. The summed E-state index contributed by atoms with van der Waals surface area (Å²) in [7, 11) is 0. The fraction of sp³-hybridized carbons (Fsp3) is 0.240. The van der Waals surface area contributed by atoms with E-state index in [0.717, 1.165) is 23.7 Å². The van der Waals surface area contributed by atoms with Gasteiger partial charge >= 0.3 is 5.82 Å². The van der Waals surface area contributed by atoms with Gasteiger partial charge in [0.15, 0.2) is 18.9 Å². The minimum absolute atomic E-state index is 0.861. The Labute approximate surface area is 165 Å². The first-order chi connectivity index (χ1) is 13.9. The van der Waals surface area contributed by atoms with E-state index in [1.807, 2.05) is 6.20 Å². The summed E-state index contributed by atoms with van der Waals surface area (Å²) in [6.07, 6.45) is 16.1. The molecule has 138 valence electrons. The Hall–Kier alpha value is -3.07. The molecule has 0 saturated heterocycles. The second-order valence-corrected chi connectivity index (χ2v) is 7.78. The van der Waals surface area contributed by atoms with Crippen molar-refractivity contribution in [3.05, 3.63) is 85.6 Å². The lowest BCUT2D eigenvalue weighted by Gasteiger charge is -2.06. The van der Waals surface area contributed by atoms with Gasteiger partial charge in [0.25, 0.3) is 0 Å². The molecule has 1 aliphatic carbocycles. The lowest BCUT2D eigenvalue weighted by atomic mass is 10.1. The van der Waals surface area contributed by atoms with Crippen LogP contribution in [0.2, 0.25) is 0 Å². The molecule has 4 aromatic rings. The van der Waals surface area contributed by atoms with Crippen molar-refractivity contribution in [1.82, 2.24) is 4.98 Å². The minimum atomic E-state index is 0.861. The van der Waals surface area contributed by atoms with Gasteiger partial charge in [-0.3, -0.25) is 0 Å². The molecule has 0 radical (unpaired) electrons. The number of nitrogens with zero attached hydrogens (tertiary/aromatic N) is 3. The van der Waals surface area contributed by atoms with Gasteiger partial charge in [0.05, 0.1) is 17.8 Å². The molecule has 3 heterocycles. The summed E-state index contributed by atoms with van der Waals surface area (Å²) in [5.41, 5.74) is 2.48. The first-order valence-electron chi connectivity index (χ1n) is 10.2. The summed E-state index contributed by atoms with van der Waals surface area (Å²) >= 11 is 0. The molecule has 1 fully saturated rings. The van der Waals surface area contributed by atoms with Crippen LogP contribution in [-0.2, 0) is 6.54 Å². The number of hydrogen-bond acceptors (Lipinski definition) is 1. The molecule has 3 aromatic heterocycles. The van der Waals surface area contributed by atoms with Crippen molar-refractivity contribution >= 4 is 10.8 Å². The van der Waals surface area contributed by atoms with Crippen molar-refractivity contribution in [3.63, 3.8) is 0 Å². The van der Waals surface area contributed by atoms with Crippen LogP contribution in [0.15, 0.2) is 85.6 Å². The van der Waals surface area contributed by atoms with Crippen LogP contribution in [0, 0.1) is 5.92 Å². The molecule has 0 spiro atoms. The molecule has 1 aliphatic rings. The highest BCUT2D eigenvalue weighted by Gasteiger charge is 2.19. The van der Waals surface area contributed by atoms with E-state index in [2.05, 4.69) is 93.5 Å². The van der Waals surface area contributed by atoms with Gasteiger partial charge in [0.2, 0.25) is 0 Å². The quantitative estimate of drug-likeness (QED) is 0.481. The monoisotopic (exact) mass is 367 g/mol. The van der Waals surface area contributed by atoms with Crippen molar-refractivity contribution in [2.75, 3.05) is 0 Å². The van der Waals surface area contributed by atoms with Crippen LogP contribution < -0.4 is 9.13 Å². The van der Waals surface area contributed by atoms with Crippen LogP contribution in [0.4, 0.5) is 0 Å². The summed E-state index contributed by atoms with van der Waals surface area (Å²) in [4.78, 5) is 4.60. The third-order valence-electron chi connectivity index (χ3n) is 5.89. The summed E-state index contributed by atoms with van der Waals surface area (Å²) in [6, 6.07) is 19.2. The van der Waals surface area contributed by atoms with E-state index in [1.165, 1.54) is 42.2 Å². The predicted molar refractivity (Wildman–Crippen MR) is 111 cm³/mol. The maximum atomic E-state index is 4.60. The predicted octanol–water partition coefficient (Wildman–Crippen LogP) is 4.66. The molecule has 3 nitrogen and oxygen atoms in total. The SMILES string of the molecule is c1ccc2c(-[n+]3ccc(-c4cc[n+](CC5CCCC5)cc4)cc3)nccc2c1. The second-order valence-electron chi connectivity index (χ2n) is 7.78. The zero-order valence-corrected chi connectivity index (χ0v) is 16.0. The van der Waals surface area contributed by atoms with E-state index in [1.54, 1.807) is 0 Å². The molecule has 5 rings (SSSR count). The normalized spacial score (nSPS) is 14.6. The van der Waals surface area contributed by atoms with Crippen LogP contribution in [0.5, 0.6) is 0 Å². The number of aromatic nitrogens is 3. The molecule has 0 atom stereocenters. The van der Waals surface area contributed by atoms with Gasteiger partial charge in [-0.15, -0.1) is 0 Å². The molecular formula is C25H25N3+2. The highest BCUT2D eigenvalue weighted by Crippen LogP contribution is 2.25. The first kappa shape index (κ1) is 17.1. The van der Waals surface area contributed by atoms with E-state index < -0.39 is 0 Å². The number of rotatable bonds is 4.